The second kappa shape index (κ2) is 2.58. The molecule has 0 aliphatic heterocycles. The predicted octanol–water partition coefficient (Wildman–Crippen LogP) is 1.13. The maximum atomic E-state index is 10.9. The number of carboxylic acids is 1. The molecule has 3 nitrogen and oxygen atoms in total. The van der Waals surface area contributed by atoms with Gasteiger partial charge in [-0.1, -0.05) is 37.3 Å². The Bertz CT molecular complexity index is 376. The Morgan fingerprint density at radius 2 is 2.00 bits per heavy atom. The smallest absolute Gasteiger partial charge is 0.324 e. The van der Waals surface area contributed by atoms with Crippen LogP contribution in [0.4, 0.5) is 0 Å². The van der Waals surface area contributed by atoms with Gasteiger partial charge in [0.05, 0.1) is 0 Å². The lowest BCUT2D eigenvalue weighted by Crippen LogP contribution is -2.40. The number of aliphatic carboxylic acids is 1. The van der Waals surface area contributed by atoms with E-state index in [2.05, 4.69) is 0 Å². The van der Waals surface area contributed by atoms with E-state index in [1.165, 1.54) is 0 Å². The first-order valence-electron chi connectivity index (χ1n) is 4.58. The molecular formula is C11H13NO2. The topological polar surface area (TPSA) is 63.3 Å². The van der Waals surface area contributed by atoms with E-state index in [4.69, 9.17) is 10.8 Å². The van der Waals surface area contributed by atoms with E-state index < -0.39 is 16.9 Å². The highest BCUT2D eigenvalue weighted by molar-refractivity contribution is 5.86. The second-order valence-electron chi connectivity index (χ2n) is 4.15. The summed E-state index contributed by atoms with van der Waals surface area (Å²) >= 11 is 0. The number of nitrogens with two attached hydrogens (primary N) is 1. The van der Waals surface area contributed by atoms with Gasteiger partial charge in [-0.3, -0.25) is 4.79 Å². The third-order valence-corrected chi connectivity index (χ3v) is 3.28. The summed E-state index contributed by atoms with van der Waals surface area (Å²) in [4.78, 5) is 10.9. The Balaban J connectivity index is 2.36. The fraction of sp³-hybridized carbons (Fsp3) is 0.364. The normalized spacial score (nSPS) is 35.3. The van der Waals surface area contributed by atoms with Crippen LogP contribution in [0.25, 0.3) is 0 Å². The summed E-state index contributed by atoms with van der Waals surface area (Å²) in [6, 6.07) is 9.58. The molecule has 3 N–H and O–H groups in total. The first kappa shape index (κ1) is 9.21. The molecule has 0 amide bonds. The summed E-state index contributed by atoms with van der Waals surface area (Å²) < 4.78 is 0. The van der Waals surface area contributed by atoms with Crippen molar-refractivity contribution in [3.8, 4) is 0 Å². The van der Waals surface area contributed by atoms with Crippen LogP contribution in [0.15, 0.2) is 30.3 Å². The van der Waals surface area contributed by atoms with Crippen molar-refractivity contribution in [2.45, 2.75) is 24.3 Å². The van der Waals surface area contributed by atoms with Crippen molar-refractivity contribution >= 4 is 5.97 Å². The predicted molar refractivity (Wildman–Crippen MR) is 53.0 cm³/mol. The van der Waals surface area contributed by atoms with Gasteiger partial charge in [-0.15, -0.1) is 0 Å². The van der Waals surface area contributed by atoms with Gasteiger partial charge in [0, 0.05) is 5.41 Å². The summed E-state index contributed by atoms with van der Waals surface area (Å²) in [5.41, 5.74) is 5.33. The SMILES string of the molecule is C[C@]1(c2ccccc2)C[C@@]1(N)C(=O)O. The molecule has 0 bridgehead atoms. The zero-order valence-electron chi connectivity index (χ0n) is 8.03. The largest absolute Gasteiger partial charge is 0.480 e. The molecule has 3 heteroatoms. The van der Waals surface area contributed by atoms with Crippen LogP contribution in [-0.2, 0) is 10.2 Å². The van der Waals surface area contributed by atoms with Crippen molar-refractivity contribution in [2.24, 2.45) is 5.73 Å². The van der Waals surface area contributed by atoms with Crippen LogP contribution < -0.4 is 5.73 Å². The Labute approximate surface area is 82.5 Å². The number of benzene rings is 1. The summed E-state index contributed by atoms with van der Waals surface area (Å²) in [5.74, 6) is -0.913. The molecular weight excluding hydrogens is 178 g/mol. The summed E-state index contributed by atoms with van der Waals surface area (Å²) in [6.45, 7) is 1.90. The van der Waals surface area contributed by atoms with Gasteiger partial charge in [0.2, 0.25) is 0 Å². The molecule has 0 saturated heterocycles. The van der Waals surface area contributed by atoms with Crippen LogP contribution in [0.1, 0.15) is 18.9 Å². The zero-order valence-corrected chi connectivity index (χ0v) is 8.03. The minimum Gasteiger partial charge on any atom is -0.480 e. The number of hydrogen-bond acceptors (Lipinski definition) is 2. The third kappa shape index (κ3) is 0.990. The van der Waals surface area contributed by atoms with Crippen molar-refractivity contribution in [3.05, 3.63) is 35.9 Å². The summed E-state index contributed by atoms with van der Waals surface area (Å²) in [5, 5.41) is 8.98. The van der Waals surface area contributed by atoms with Crippen LogP contribution in [0.5, 0.6) is 0 Å². The highest BCUT2D eigenvalue weighted by atomic mass is 16.4. The maximum absolute atomic E-state index is 10.9. The lowest BCUT2D eigenvalue weighted by Gasteiger charge is -2.14. The molecule has 1 saturated carbocycles. The Hall–Kier alpha value is -1.35. The Kier molecular flexibility index (Phi) is 1.70. The van der Waals surface area contributed by atoms with Crippen molar-refractivity contribution in [1.82, 2.24) is 0 Å². The lowest BCUT2D eigenvalue weighted by molar-refractivity contribution is -0.140. The minimum atomic E-state index is -1.08. The van der Waals surface area contributed by atoms with E-state index in [-0.39, 0.29) is 0 Å². The molecule has 14 heavy (non-hydrogen) atoms. The number of hydrogen-bond donors (Lipinski definition) is 2. The highest BCUT2D eigenvalue weighted by Crippen LogP contribution is 2.55. The molecule has 2 rings (SSSR count). The van der Waals surface area contributed by atoms with Crippen LogP contribution >= 0.6 is 0 Å². The van der Waals surface area contributed by atoms with Crippen LogP contribution in [0.2, 0.25) is 0 Å². The van der Waals surface area contributed by atoms with Gasteiger partial charge in [-0.2, -0.15) is 0 Å². The molecule has 1 aliphatic carbocycles. The van der Waals surface area contributed by atoms with Crippen LogP contribution in [0, 0.1) is 0 Å². The van der Waals surface area contributed by atoms with Gasteiger partial charge in [0.15, 0.2) is 0 Å². The first-order valence-corrected chi connectivity index (χ1v) is 4.58. The molecule has 0 heterocycles. The molecule has 2 atom stereocenters. The molecule has 1 aromatic carbocycles. The molecule has 0 spiro atoms. The van der Waals surface area contributed by atoms with E-state index in [1.807, 2.05) is 37.3 Å². The first-order chi connectivity index (χ1) is 6.51. The quantitative estimate of drug-likeness (QED) is 0.736. The fourth-order valence-corrected chi connectivity index (χ4v) is 1.99. The number of rotatable bonds is 2. The zero-order chi connectivity index (χ0) is 10.4. The minimum absolute atomic E-state index is 0.403. The number of carboxylic acid groups (broad SMARTS) is 1. The average Bonchev–Trinajstić information content (AvgIpc) is 2.74. The second-order valence-corrected chi connectivity index (χ2v) is 4.15. The summed E-state index contributed by atoms with van der Waals surface area (Å²) in [7, 11) is 0. The average molecular weight is 191 g/mol. The van der Waals surface area contributed by atoms with Gasteiger partial charge < -0.3 is 10.8 Å². The van der Waals surface area contributed by atoms with Crippen LogP contribution in [-0.4, -0.2) is 16.6 Å². The van der Waals surface area contributed by atoms with E-state index in [0.717, 1.165) is 5.56 Å². The maximum Gasteiger partial charge on any atom is 0.324 e. The van der Waals surface area contributed by atoms with Crippen LogP contribution in [0.3, 0.4) is 0 Å². The molecule has 0 radical (unpaired) electrons. The van der Waals surface area contributed by atoms with Gasteiger partial charge in [0.1, 0.15) is 5.54 Å². The molecule has 0 unspecified atom stereocenters. The van der Waals surface area contributed by atoms with Crippen molar-refractivity contribution in [2.75, 3.05) is 0 Å². The van der Waals surface area contributed by atoms with E-state index in [9.17, 15) is 4.79 Å². The molecule has 1 aliphatic rings. The van der Waals surface area contributed by atoms with Gasteiger partial charge in [0.25, 0.3) is 0 Å². The fourth-order valence-electron chi connectivity index (χ4n) is 1.99. The Morgan fingerprint density at radius 1 is 1.43 bits per heavy atom. The van der Waals surface area contributed by atoms with Gasteiger partial charge in [-0.25, -0.2) is 0 Å². The Morgan fingerprint density at radius 3 is 2.43 bits per heavy atom. The molecule has 74 valence electrons. The molecule has 1 aromatic rings. The highest BCUT2D eigenvalue weighted by Gasteiger charge is 2.68. The standard InChI is InChI=1S/C11H13NO2/c1-10(7-11(10,12)9(13)14)8-5-3-2-4-6-8/h2-6H,7,12H2,1H3,(H,13,14)/t10-,11-/m1/s1. The monoisotopic (exact) mass is 191 g/mol. The lowest BCUT2D eigenvalue weighted by atomic mass is 9.93. The van der Waals surface area contributed by atoms with E-state index in [0.29, 0.717) is 6.42 Å². The summed E-state index contributed by atoms with van der Waals surface area (Å²) in [6.07, 6.45) is 0.513. The molecule has 0 aromatic heterocycles. The number of carbonyl (C=O) groups is 1. The van der Waals surface area contributed by atoms with Crippen molar-refractivity contribution in [3.63, 3.8) is 0 Å². The van der Waals surface area contributed by atoms with Gasteiger partial charge in [-0.05, 0) is 12.0 Å². The van der Waals surface area contributed by atoms with Crippen molar-refractivity contribution in [1.29, 1.82) is 0 Å². The third-order valence-electron chi connectivity index (χ3n) is 3.28. The van der Waals surface area contributed by atoms with E-state index >= 15 is 0 Å². The molecule has 1 fully saturated rings. The van der Waals surface area contributed by atoms with Gasteiger partial charge >= 0.3 is 5.97 Å². The van der Waals surface area contributed by atoms with E-state index in [1.54, 1.807) is 0 Å². The van der Waals surface area contributed by atoms with Crippen molar-refractivity contribution < 1.29 is 9.90 Å².